The van der Waals surface area contributed by atoms with Crippen LogP contribution in [0.1, 0.15) is 10.5 Å². The monoisotopic (exact) mass is 323 g/mol. The Kier molecular flexibility index (Phi) is 3.12. The van der Waals surface area contributed by atoms with Gasteiger partial charge in [0.15, 0.2) is 11.5 Å². The van der Waals surface area contributed by atoms with E-state index < -0.39 is 0 Å². The number of nitrogens with one attached hydrogen (secondary N) is 2. The van der Waals surface area contributed by atoms with Gasteiger partial charge < -0.3 is 14.8 Å². The number of anilines is 1. The molecule has 1 aliphatic heterocycles. The second-order valence-corrected chi connectivity index (χ2v) is 4.76. The normalized spacial score (nSPS) is 13.1. The maximum Gasteiger partial charge on any atom is 0.274 e. The molecule has 6 nitrogen and oxygen atoms in total. The number of hydrogen-bond donors (Lipinski definition) is 2. The number of fused-ring (bicyclic) bond motifs is 1. The minimum absolute atomic E-state index is 0.277. The third-order valence-corrected chi connectivity index (χ3v) is 3.22. The zero-order chi connectivity index (χ0) is 13.2. The van der Waals surface area contributed by atoms with Crippen molar-refractivity contribution in [2.24, 2.45) is 0 Å². The Hall–Kier alpha value is -2.02. The van der Waals surface area contributed by atoms with Crippen molar-refractivity contribution < 1.29 is 14.3 Å². The van der Waals surface area contributed by atoms with Crippen molar-refractivity contribution in [3.63, 3.8) is 0 Å². The molecule has 0 spiro atoms. The highest BCUT2D eigenvalue weighted by atomic mass is 79.9. The number of amides is 1. The summed E-state index contributed by atoms with van der Waals surface area (Å²) in [5, 5.41) is 9.16. The predicted octanol–water partition coefficient (Wildman–Crippen LogP) is 2.20. The third kappa shape index (κ3) is 2.41. The van der Waals surface area contributed by atoms with Crippen molar-refractivity contribution in [3.8, 4) is 11.5 Å². The average molecular weight is 324 g/mol. The van der Waals surface area contributed by atoms with Gasteiger partial charge >= 0.3 is 0 Å². The molecule has 0 saturated carbocycles. The fraction of sp³-hybridized carbons (Fsp3) is 0.167. The van der Waals surface area contributed by atoms with Crippen LogP contribution in [0.25, 0.3) is 0 Å². The first-order valence-electron chi connectivity index (χ1n) is 5.64. The Morgan fingerprint density at radius 1 is 1.32 bits per heavy atom. The Balaban J connectivity index is 1.80. The highest BCUT2D eigenvalue weighted by Crippen LogP contribution is 2.32. The van der Waals surface area contributed by atoms with E-state index in [0.717, 1.165) is 0 Å². The maximum atomic E-state index is 12.0. The molecular weight excluding hydrogens is 314 g/mol. The lowest BCUT2D eigenvalue weighted by Crippen LogP contribution is -2.16. The molecule has 19 heavy (non-hydrogen) atoms. The van der Waals surface area contributed by atoms with Gasteiger partial charge in [0.25, 0.3) is 5.91 Å². The van der Waals surface area contributed by atoms with Crippen LogP contribution in [0.5, 0.6) is 11.5 Å². The number of hydrogen-bond acceptors (Lipinski definition) is 4. The standard InChI is InChI=1S/C12H10BrN3O3/c13-8-6-14-16-11(8)12(17)15-7-1-2-9-10(5-7)19-4-3-18-9/h1-2,5-6H,3-4H2,(H,14,16)(H,15,17). The summed E-state index contributed by atoms with van der Waals surface area (Å²) in [6.45, 7) is 1.05. The highest BCUT2D eigenvalue weighted by molar-refractivity contribution is 9.10. The second-order valence-electron chi connectivity index (χ2n) is 3.91. The number of ether oxygens (including phenoxy) is 2. The van der Waals surface area contributed by atoms with Gasteiger partial charge in [-0.1, -0.05) is 0 Å². The third-order valence-electron chi connectivity index (χ3n) is 2.62. The van der Waals surface area contributed by atoms with Crippen molar-refractivity contribution in [2.45, 2.75) is 0 Å². The molecule has 7 heteroatoms. The summed E-state index contributed by atoms with van der Waals surface area (Å²) in [6.07, 6.45) is 1.53. The van der Waals surface area contributed by atoms with Crippen LogP contribution in [0.15, 0.2) is 28.9 Å². The number of halogens is 1. The summed E-state index contributed by atoms with van der Waals surface area (Å²) in [7, 11) is 0. The topological polar surface area (TPSA) is 76.2 Å². The Morgan fingerprint density at radius 2 is 2.11 bits per heavy atom. The van der Waals surface area contributed by atoms with Crippen molar-refractivity contribution in [3.05, 3.63) is 34.6 Å². The fourth-order valence-corrected chi connectivity index (χ4v) is 2.12. The molecule has 1 aromatic carbocycles. The van der Waals surface area contributed by atoms with Gasteiger partial charge in [0.05, 0.1) is 10.7 Å². The van der Waals surface area contributed by atoms with Crippen molar-refractivity contribution in [1.29, 1.82) is 0 Å². The van der Waals surface area contributed by atoms with Crippen LogP contribution in [0.4, 0.5) is 5.69 Å². The largest absolute Gasteiger partial charge is 0.486 e. The molecule has 1 amide bonds. The minimum atomic E-state index is -0.277. The number of nitrogens with zero attached hydrogens (tertiary/aromatic N) is 1. The van der Waals surface area contributed by atoms with Crippen molar-refractivity contribution >= 4 is 27.5 Å². The van der Waals surface area contributed by atoms with E-state index in [1.807, 2.05) is 0 Å². The lowest BCUT2D eigenvalue weighted by molar-refractivity contribution is 0.102. The van der Waals surface area contributed by atoms with E-state index in [9.17, 15) is 4.79 Å². The zero-order valence-corrected chi connectivity index (χ0v) is 11.4. The molecule has 0 bridgehead atoms. The van der Waals surface area contributed by atoms with Gasteiger partial charge in [0, 0.05) is 11.8 Å². The molecule has 0 atom stereocenters. The maximum absolute atomic E-state index is 12.0. The Labute approximate surface area is 117 Å². The summed E-state index contributed by atoms with van der Waals surface area (Å²) >= 11 is 3.24. The molecule has 2 heterocycles. The Bertz CT molecular complexity index is 626. The van der Waals surface area contributed by atoms with Crippen LogP contribution < -0.4 is 14.8 Å². The predicted molar refractivity (Wildman–Crippen MR) is 71.7 cm³/mol. The van der Waals surface area contributed by atoms with E-state index >= 15 is 0 Å². The fourth-order valence-electron chi connectivity index (χ4n) is 1.75. The van der Waals surface area contributed by atoms with Crippen LogP contribution in [0.3, 0.4) is 0 Å². The summed E-state index contributed by atoms with van der Waals surface area (Å²) in [6, 6.07) is 5.26. The van der Waals surface area contributed by atoms with E-state index in [0.29, 0.717) is 40.6 Å². The van der Waals surface area contributed by atoms with Gasteiger partial charge in [-0.15, -0.1) is 0 Å². The van der Waals surface area contributed by atoms with Crippen molar-refractivity contribution in [1.82, 2.24) is 10.2 Å². The molecule has 3 rings (SSSR count). The average Bonchev–Trinajstić information content (AvgIpc) is 2.85. The van der Waals surface area contributed by atoms with Gasteiger partial charge in [-0.25, -0.2) is 0 Å². The summed E-state index contributed by atoms with van der Waals surface area (Å²) in [4.78, 5) is 12.0. The van der Waals surface area contributed by atoms with Gasteiger partial charge in [0.2, 0.25) is 0 Å². The molecule has 1 aromatic heterocycles. The van der Waals surface area contributed by atoms with Gasteiger partial charge in [-0.05, 0) is 28.1 Å². The number of benzene rings is 1. The summed E-state index contributed by atoms with van der Waals surface area (Å²) < 4.78 is 11.5. The first-order chi connectivity index (χ1) is 9.24. The van der Waals surface area contributed by atoms with Gasteiger partial charge in [-0.3, -0.25) is 9.89 Å². The number of carbonyl (C=O) groups is 1. The number of H-pyrrole nitrogens is 1. The molecule has 2 aromatic rings. The lowest BCUT2D eigenvalue weighted by atomic mass is 10.2. The van der Waals surface area contributed by atoms with Crippen LogP contribution in [0, 0.1) is 0 Å². The second kappa shape index (κ2) is 4.93. The van der Waals surface area contributed by atoms with Crippen LogP contribution in [0.2, 0.25) is 0 Å². The van der Waals surface area contributed by atoms with Gasteiger partial charge in [-0.2, -0.15) is 5.10 Å². The number of aromatic amines is 1. The van der Waals surface area contributed by atoms with E-state index in [-0.39, 0.29) is 5.91 Å². The van der Waals surface area contributed by atoms with Gasteiger partial charge in [0.1, 0.15) is 18.9 Å². The minimum Gasteiger partial charge on any atom is -0.486 e. The van der Waals surface area contributed by atoms with E-state index in [2.05, 4.69) is 31.4 Å². The molecule has 1 aliphatic rings. The molecule has 0 unspecified atom stereocenters. The number of rotatable bonds is 2. The Morgan fingerprint density at radius 3 is 2.84 bits per heavy atom. The number of aromatic nitrogens is 2. The SMILES string of the molecule is O=C(Nc1ccc2c(c1)OCCO2)c1[nH]ncc1Br. The van der Waals surface area contributed by atoms with E-state index in [1.54, 1.807) is 18.2 Å². The zero-order valence-electron chi connectivity index (χ0n) is 9.77. The van der Waals surface area contributed by atoms with Crippen LogP contribution in [-0.4, -0.2) is 29.3 Å². The first kappa shape index (κ1) is 12.0. The molecule has 0 fully saturated rings. The van der Waals surface area contributed by atoms with Crippen molar-refractivity contribution in [2.75, 3.05) is 18.5 Å². The van der Waals surface area contributed by atoms with Crippen LogP contribution >= 0.6 is 15.9 Å². The quantitative estimate of drug-likeness (QED) is 0.888. The molecule has 0 radical (unpaired) electrons. The highest BCUT2D eigenvalue weighted by Gasteiger charge is 2.15. The van der Waals surface area contributed by atoms with E-state index in [1.165, 1.54) is 6.20 Å². The number of carbonyl (C=O) groups excluding carboxylic acids is 1. The molecular formula is C12H10BrN3O3. The van der Waals surface area contributed by atoms with E-state index in [4.69, 9.17) is 9.47 Å². The van der Waals surface area contributed by atoms with Crippen LogP contribution in [-0.2, 0) is 0 Å². The summed E-state index contributed by atoms with van der Waals surface area (Å²) in [5.41, 5.74) is 1.01. The molecule has 98 valence electrons. The molecule has 0 aliphatic carbocycles. The molecule has 0 saturated heterocycles. The molecule has 2 N–H and O–H groups in total. The summed E-state index contributed by atoms with van der Waals surface area (Å²) in [5.74, 6) is 1.04. The lowest BCUT2D eigenvalue weighted by Gasteiger charge is -2.18. The smallest absolute Gasteiger partial charge is 0.274 e. The first-order valence-corrected chi connectivity index (χ1v) is 6.43.